The zero-order valence-electron chi connectivity index (χ0n) is 27.6. The molecule has 4 heterocycles. The Labute approximate surface area is 301 Å². The van der Waals surface area contributed by atoms with E-state index in [1.165, 1.54) is 14.8 Å². The summed E-state index contributed by atoms with van der Waals surface area (Å²) < 4.78 is 8.99. The molecule has 11 rings (SSSR count). The van der Waals surface area contributed by atoms with Gasteiger partial charge >= 0.3 is 0 Å². The quantitative estimate of drug-likeness (QED) is 0.173. The second-order valence-corrected chi connectivity index (χ2v) is 14.1. The standard InChI is InChI=1S/C46H26N4OS/c1-3-12-27(13-4-1)43-32-23-25-37-42(41(32)30-16-7-9-19-35(30)47-43)34-26-29(22-24-36(34)51-37)45-48-44(28-14-5-2-6-15-28)49-46(50-45)33-18-11-21-39-40(33)31-17-8-10-20-38(31)52-39/h1-26H. The first-order chi connectivity index (χ1) is 25.8. The molecule has 7 aromatic carbocycles. The molecule has 0 saturated heterocycles. The van der Waals surface area contributed by atoms with E-state index in [-0.39, 0.29) is 0 Å². The summed E-state index contributed by atoms with van der Waals surface area (Å²) in [7, 11) is 0. The molecule has 0 aliphatic heterocycles. The maximum atomic E-state index is 6.54. The van der Waals surface area contributed by atoms with Gasteiger partial charge in [0.2, 0.25) is 0 Å². The Hall–Kier alpha value is -6.76. The van der Waals surface area contributed by atoms with Crippen LogP contribution < -0.4 is 0 Å². The normalized spacial score (nSPS) is 11.8. The minimum absolute atomic E-state index is 0.605. The van der Waals surface area contributed by atoms with Crippen molar-refractivity contribution < 1.29 is 4.42 Å². The Balaban J connectivity index is 1.19. The highest BCUT2D eigenvalue weighted by Gasteiger charge is 2.20. The van der Waals surface area contributed by atoms with E-state index in [0.717, 1.165) is 76.9 Å². The molecule has 0 bridgehead atoms. The molecule has 11 aromatic rings. The number of thiophene rings is 1. The zero-order chi connectivity index (χ0) is 34.2. The van der Waals surface area contributed by atoms with E-state index in [4.69, 9.17) is 24.4 Å². The van der Waals surface area contributed by atoms with Gasteiger partial charge in [-0.25, -0.2) is 19.9 Å². The Morgan fingerprint density at radius 1 is 0.385 bits per heavy atom. The van der Waals surface area contributed by atoms with Gasteiger partial charge < -0.3 is 4.42 Å². The fourth-order valence-electron chi connectivity index (χ4n) is 7.57. The molecule has 0 unspecified atom stereocenters. The Kier molecular flexibility index (Phi) is 6.35. The molecular weight excluding hydrogens is 657 g/mol. The average Bonchev–Trinajstić information content (AvgIpc) is 3.79. The van der Waals surface area contributed by atoms with Crippen LogP contribution in [0.4, 0.5) is 0 Å². The molecule has 6 heteroatoms. The van der Waals surface area contributed by atoms with Crippen molar-refractivity contribution in [3.8, 4) is 45.4 Å². The minimum Gasteiger partial charge on any atom is -0.456 e. The average molecular weight is 683 g/mol. The number of rotatable bonds is 4. The van der Waals surface area contributed by atoms with E-state index in [2.05, 4.69) is 109 Å². The maximum Gasteiger partial charge on any atom is 0.164 e. The summed E-state index contributed by atoms with van der Waals surface area (Å²) in [6, 6.07) is 54.3. The smallest absolute Gasteiger partial charge is 0.164 e. The van der Waals surface area contributed by atoms with Gasteiger partial charge in [-0.2, -0.15) is 0 Å². The van der Waals surface area contributed by atoms with Crippen molar-refractivity contribution in [2.45, 2.75) is 0 Å². The van der Waals surface area contributed by atoms with Gasteiger partial charge in [-0.05, 0) is 48.5 Å². The largest absolute Gasteiger partial charge is 0.456 e. The van der Waals surface area contributed by atoms with Gasteiger partial charge in [-0.3, -0.25) is 0 Å². The number of benzene rings is 7. The summed E-state index contributed by atoms with van der Waals surface area (Å²) in [5.41, 5.74) is 7.41. The fourth-order valence-corrected chi connectivity index (χ4v) is 8.70. The molecule has 0 saturated carbocycles. The number of hydrogen-bond donors (Lipinski definition) is 0. The van der Waals surface area contributed by atoms with Gasteiger partial charge in [0.1, 0.15) is 11.2 Å². The summed E-state index contributed by atoms with van der Waals surface area (Å²) >= 11 is 1.79. The summed E-state index contributed by atoms with van der Waals surface area (Å²) in [4.78, 5) is 20.6. The molecule has 0 amide bonds. The number of furan rings is 1. The van der Waals surface area contributed by atoms with E-state index >= 15 is 0 Å². The van der Waals surface area contributed by atoms with Crippen LogP contribution in [0.2, 0.25) is 0 Å². The van der Waals surface area contributed by atoms with Crippen LogP contribution >= 0.6 is 11.3 Å². The SMILES string of the molecule is c1ccc(-c2nc(-c3ccc4oc5ccc6c(-c7ccccc7)nc7ccccc7c6c5c4c3)nc(-c3cccc4sc5ccccc5c34)n2)cc1. The predicted molar refractivity (Wildman–Crippen MR) is 215 cm³/mol. The summed E-state index contributed by atoms with van der Waals surface area (Å²) in [5.74, 6) is 1.88. The Morgan fingerprint density at radius 2 is 1.06 bits per heavy atom. The van der Waals surface area contributed by atoms with Crippen LogP contribution in [0.25, 0.3) is 109 Å². The van der Waals surface area contributed by atoms with E-state index in [1.807, 2.05) is 48.5 Å². The van der Waals surface area contributed by atoms with Gasteiger partial charge in [0.25, 0.3) is 0 Å². The highest BCUT2D eigenvalue weighted by molar-refractivity contribution is 7.25. The molecule has 0 N–H and O–H groups in total. The number of nitrogens with zero attached hydrogens (tertiary/aromatic N) is 4. The van der Waals surface area contributed by atoms with Gasteiger partial charge in [0, 0.05) is 69.4 Å². The maximum absolute atomic E-state index is 6.54. The Bertz CT molecular complexity index is 3190. The molecule has 52 heavy (non-hydrogen) atoms. The van der Waals surface area contributed by atoms with Crippen molar-refractivity contribution in [2.75, 3.05) is 0 Å². The van der Waals surface area contributed by atoms with E-state index in [0.29, 0.717) is 17.5 Å². The van der Waals surface area contributed by atoms with E-state index < -0.39 is 0 Å². The first-order valence-corrected chi connectivity index (χ1v) is 18.0. The van der Waals surface area contributed by atoms with Crippen molar-refractivity contribution in [2.24, 2.45) is 0 Å². The second kappa shape index (κ2) is 11.4. The van der Waals surface area contributed by atoms with Gasteiger partial charge in [-0.1, -0.05) is 109 Å². The van der Waals surface area contributed by atoms with Crippen LogP contribution in [0, 0.1) is 0 Å². The molecule has 0 spiro atoms. The molecule has 242 valence electrons. The van der Waals surface area contributed by atoms with Crippen LogP contribution in [0.1, 0.15) is 0 Å². The fraction of sp³-hybridized carbons (Fsp3) is 0. The molecule has 5 nitrogen and oxygen atoms in total. The third kappa shape index (κ3) is 4.48. The number of pyridine rings is 1. The minimum atomic E-state index is 0.605. The van der Waals surface area contributed by atoms with Gasteiger partial charge in [0.05, 0.1) is 11.2 Å². The number of aromatic nitrogens is 4. The van der Waals surface area contributed by atoms with Crippen LogP contribution in [0.5, 0.6) is 0 Å². The summed E-state index contributed by atoms with van der Waals surface area (Å²) in [6.07, 6.45) is 0. The number of hydrogen-bond acceptors (Lipinski definition) is 6. The van der Waals surface area contributed by atoms with E-state index in [9.17, 15) is 0 Å². The highest BCUT2D eigenvalue weighted by Crippen LogP contribution is 2.43. The third-order valence-electron chi connectivity index (χ3n) is 9.91. The van der Waals surface area contributed by atoms with Crippen LogP contribution in [-0.4, -0.2) is 19.9 Å². The lowest BCUT2D eigenvalue weighted by Gasteiger charge is -2.11. The third-order valence-corrected chi connectivity index (χ3v) is 11.0. The molecule has 0 radical (unpaired) electrons. The van der Waals surface area contributed by atoms with Crippen molar-refractivity contribution in [1.29, 1.82) is 0 Å². The summed E-state index contributed by atoms with van der Waals surface area (Å²) in [6.45, 7) is 0. The first kappa shape index (κ1) is 29.0. The lowest BCUT2D eigenvalue weighted by atomic mass is 9.96. The van der Waals surface area contributed by atoms with Gasteiger partial charge in [-0.15, -0.1) is 11.3 Å². The Morgan fingerprint density at radius 3 is 1.90 bits per heavy atom. The van der Waals surface area contributed by atoms with Crippen molar-refractivity contribution in [3.05, 3.63) is 158 Å². The molecule has 0 fully saturated rings. The van der Waals surface area contributed by atoms with Crippen molar-refractivity contribution >= 4 is 75.1 Å². The van der Waals surface area contributed by atoms with Crippen LogP contribution in [-0.2, 0) is 0 Å². The molecular formula is C46H26N4OS. The monoisotopic (exact) mass is 682 g/mol. The van der Waals surface area contributed by atoms with Gasteiger partial charge in [0.15, 0.2) is 17.5 Å². The zero-order valence-corrected chi connectivity index (χ0v) is 28.4. The predicted octanol–water partition coefficient (Wildman–Crippen LogP) is 12.5. The van der Waals surface area contributed by atoms with Crippen molar-refractivity contribution in [1.82, 2.24) is 19.9 Å². The van der Waals surface area contributed by atoms with Crippen LogP contribution in [0.15, 0.2) is 162 Å². The lowest BCUT2D eigenvalue weighted by Crippen LogP contribution is -2.00. The highest BCUT2D eigenvalue weighted by atomic mass is 32.1. The molecule has 0 aliphatic rings. The first-order valence-electron chi connectivity index (χ1n) is 17.2. The molecule has 4 aromatic heterocycles. The second-order valence-electron chi connectivity index (χ2n) is 13.0. The van der Waals surface area contributed by atoms with Crippen LogP contribution in [0.3, 0.4) is 0 Å². The number of fused-ring (bicyclic) bond motifs is 10. The summed E-state index contributed by atoms with van der Waals surface area (Å²) in [5, 5.41) is 7.71. The molecule has 0 atom stereocenters. The van der Waals surface area contributed by atoms with Crippen molar-refractivity contribution in [3.63, 3.8) is 0 Å². The topological polar surface area (TPSA) is 64.7 Å². The molecule has 0 aliphatic carbocycles. The number of para-hydroxylation sites is 1. The van der Waals surface area contributed by atoms with E-state index in [1.54, 1.807) is 11.3 Å². The lowest BCUT2D eigenvalue weighted by molar-refractivity contribution is 0.669.